The minimum Gasteiger partial charge on any atom is -0.387 e. The number of anilines is 1. The number of nitriles is 1. The minimum atomic E-state index is -2.49. The van der Waals surface area contributed by atoms with Gasteiger partial charge in [0.2, 0.25) is 5.92 Å². The lowest BCUT2D eigenvalue weighted by Gasteiger charge is -2.28. The standard InChI is InChI=1S/C16H20F2N2O/c17-16(18)7-4-12(5-8-16)11-20-14-3-1-2-13(10-14)15(21)6-9-19/h1-3,10,12,15,20-21H,4-8,11H2. The van der Waals surface area contributed by atoms with Gasteiger partial charge in [-0.2, -0.15) is 5.26 Å². The molecule has 1 aliphatic rings. The van der Waals surface area contributed by atoms with Crippen molar-refractivity contribution >= 4 is 5.69 Å². The Bertz CT molecular complexity index is 503. The van der Waals surface area contributed by atoms with Gasteiger partial charge >= 0.3 is 0 Å². The molecule has 0 saturated heterocycles. The van der Waals surface area contributed by atoms with E-state index >= 15 is 0 Å². The molecular formula is C16H20F2N2O. The van der Waals surface area contributed by atoms with Crippen LogP contribution < -0.4 is 5.32 Å². The monoisotopic (exact) mass is 294 g/mol. The van der Waals surface area contributed by atoms with Gasteiger partial charge in [-0.3, -0.25) is 0 Å². The normalized spacial score (nSPS) is 19.7. The fourth-order valence-corrected chi connectivity index (χ4v) is 2.63. The van der Waals surface area contributed by atoms with Crippen LogP contribution >= 0.6 is 0 Å². The van der Waals surface area contributed by atoms with Crippen LogP contribution in [0, 0.1) is 17.2 Å². The van der Waals surface area contributed by atoms with Crippen molar-refractivity contribution in [2.45, 2.75) is 44.1 Å². The van der Waals surface area contributed by atoms with Crippen molar-refractivity contribution in [3.63, 3.8) is 0 Å². The summed E-state index contributed by atoms with van der Waals surface area (Å²) in [5, 5.41) is 21.6. The zero-order valence-electron chi connectivity index (χ0n) is 11.9. The Labute approximate surface area is 123 Å². The molecule has 1 aromatic carbocycles. The van der Waals surface area contributed by atoms with Crippen molar-refractivity contribution in [1.29, 1.82) is 5.26 Å². The summed E-state index contributed by atoms with van der Waals surface area (Å²) in [6.07, 6.45) is 0.292. The Morgan fingerprint density at radius 2 is 2.10 bits per heavy atom. The van der Waals surface area contributed by atoms with E-state index in [0.29, 0.717) is 24.9 Å². The van der Waals surface area contributed by atoms with Crippen molar-refractivity contribution < 1.29 is 13.9 Å². The quantitative estimate of drug-likeness (QED) is 0.866. The van der Waals surface area contributed by atoms with Crippen LogP contribution in [0.5, 0.6) is 0 Å². The second kappa shape index (κ2) is 6.86. The summed E-state index contributed by atoms with van der Waals surface area (Å²) >= 11 is 0. The van der Waals surface area contributed by atoms with E-state index in [4.69, 9.17) is 5.26 Å². The number of hydrogen-bond acceptors (Lipinski definition) is 3. The van der Waals surface area contributed by atoms with Crippen LogP contribution in [0.15, 0.2) is 24.3 Å². The highest BCUT2D eigenvalue weighted by Gasteiger charge is 2.34. The highest BCUT2D eigenvalue weighted by Crippen LogP contribution is 2.36. The molecule has 5 heteroatoms. The minimum absolute atomic E-state index is 0.0275. The Morgan fingerprint density at radius 1 is 1.38 bits per heavy atom. The molecule has 2 rings (SSSR count). The molecule has 114 valence electrons. The molecule has 1 aromatic rings. The van der Waals surface area contributed by atoms with Crippen LogP contribution in [-0.2, 0) is 0 Å². The number of alkyl halides is 2. The Balaban J connectivity index is 1.86. The first-order chi connectivity index (χ1) is 10.00. The lowest BCUT2D eigenvalue weighted by molar-refractivity contribution is -0.0443. The molecule has 1 unspecified atom stereocenters. The number of benzene rings is 1. The van der Waals surface area contributed by atoms with Gasteiger partial charge in [-0.1, -0.05) is 12.1 Å². The fraction of sp³-hybridized carbons (Fsp3) is 0.562. The maximum atomic E-state index is 13.1. The van der Waals surface area contributed by atoms with E-state index in [9.17, 15) is 13.9 Å². The average Bonchev–Trinajstić information content (AvgIpc) is 2.47. The van der Waals surface area contributed by atoms with E-state index in [1.807, 2.05) is 18.2 Å². The summed E-state index contributed by atoms with van der Waals surface area (Å²) in [6.45, 7) is 0.661. The molecule has 0 spiro atoms. The number of halogens is 2. The van der Waals surface area contributed by atoms with Gasteiger partial charge in [-0.15, -0.1) is 0 Å². The molecular weight excluding hydrogens is 274 g/mol. The summed E-state index contributed by atoms with van der Waals surface area (Å²) in [6, 6.07) is 9.20. The maximum Gasteiger partial charge on any atom is 0.248 e. The number of hydrogen-bond donors (Lipinski definition) is 2. The van der Waals surface area contributed by atoms with E-state index in [0.717, 1.165) is 5.69 Å². The molecule has 1 aliphatic carbocycles. The van der Waals surface area contributed by atoms with Crippen molar-refractivity contribution in [3.8, 4) is 6.07 Å². The second-order valence-electron chi connectivity index (χ2n) is 5.68. The maximum absolute atomic E-state index is 13.1. The van der Waals surface area contributed by atoms with Crippen LogP contribution in [0.3, 0.4) is 0 Å². The van der Waals surface area contributed by atoms with Gasteiger partial charge in [-0.05, 0) is 36.5 Å². The zero-order chi connectivity index (χ0) is 15.3. The number of nitrogens with zero attached hydrogens (tertiary/aromatic N) is 1. The van der Waals surface area contributed by atoms with Gasteiger partial charge in [0.05, 0.1) is 18.6 Å². The third-order valence-corrected chi connectivity index (χ3v) is 3.99. The molecule has 0 radical (unpaired) electrons. The molecule has 0 heterocycles. The fourth-order valence-electron chi connectivity index (χ4n) is 2.63. The third kappa shape index (κ3) is 4.68. The van der Waals surface area contributed by atoms with Gasteiger partial charge in [0, 0.05) is 25.1 Å². The van der Waals surface area contributed by atoms with E-state index < -0.39 is 12.0 Å². The molecule has 0 amide bonds. The SMILES string of the molecule is N#CCC(O)c1cccc(NCC2CCC(F)(F)CC2)c1. The van der Waals surface area contributed by atoms with Gasteiger partial charge < -0.3 is 10.4 Å². The van der Waals surface area contributed by atoms with Crippen molar-refractivity contribution in [2.75, 3.05) is 11.9 Å². The summed E-state index contributed by atoms with van der Waals surface area (Å²) in [4.78, 5) is 0. The van der Waals surface area contributed by atoms with E-state index in [1.165, 1.54) is 0 Å². The molecule has 0 aliphatic heterocycles. The Hall–Kier alpha value is -1.67. The Kier molecular flexibility index (Phi) is 5.13. The second-order valence-corrected chi connectivity index (χ2v) is 5.68. The molecule has 3 nitrogen and oxygen atoms in total. The van der Waals surface area contributed by atoms with Crippen LogP contribution in [-0.4, -0.2) is 17.6 Å². The average molecular weight is 294 g/mol. The summed E-state index contributed by atoms with van der Waals surface area (Å²) in [5.41, 5.74) is 1.54. The van der Waals surface area contributed by atoms with Gasteiger partial charge in [0.25, 0.3) is 0 Å². The molecule has 1 fully saturated rings. The largest absolute Gasteiger partial charge is 0.387 e. The first-order valence-electron chi connectivity index (χ1n) is 7.27. The molecule has 21 heavy (non-hydrogen) atoms. The lowest BCUT2D eigenvalue weighted by Crippen LogP contribution is -2.28. The van der Waals surface area contributed by atoms with E-state index in [1.54, 1.807) is 12.1 Å². The number of rotatable bonds is 5. The highest BCUT2D eigenvalue weighted by molar-refractivity contribution is 5.46. The summed E-state index contributed by atoms with van der Waals surface area (Å²) in [7, 11) is 0. The molecule has 1 atom stereocenters. The van der Waals surface area contributed by atoms with Crippen LogP contribution in [0.1, 0.15) is 43.8 Å². The molecule has 0 aromatic heterocycles. The molecule has 2 N–H and O–H groups in total. The predicted octanol–water partition coefficient (Wildman–Crippen LogP) is 3.87. The third-order valence-electron chi connectivity index (χ3n) is 3.99. The lowest BCUT2D eigenvalue weighted by atomic mass is 9.87. The Morgan fingerprint density at radius 3 is 2.76 bits per heavy atom. The van der Waals surface area contributed by atoms with Crippen molar-refractivity contribution in [3.05, 3.63) is 29.8 Å². The van der Waals surface area contributed by atoms with Gasteiger partial charge in [-0.25, -0.2) is 8.78 Å². The number of aliphatic hydroxyl groups excluding tert-OH is 1. The first-order valence-corrected chi connectivity index (χ1v) is 7.27. The summed E-state index contributed by atoms with van der Waals surface area (Å²) in [5.74, 6) is -2.23. The van der Waals surface area contributed by atoms with Crippen LogP contribution in [0.2, 0.25) is 0 Å². The highest BCUT2D eigenvalue weighted by atomic mass is 19.3. The van der Waals surface area contributed by atoms with Crippen molar-refractivity contribution in [2.24, 2.45) is 5.92 Å². The van der Waals surface area contributed by atoms with Gasteiger partial charge in [0.15, 0.2) is 0 Å². The summed E-state index contributed by atoms with van der Waals surface area (Å²) < 4.78 is 26.2. The van der Waals surface area contributed by atoms with Gasteiger partial charge in [0.1, 0.15) is 0 Å². The number of aliphatic hydroxyl groups is 1. The topological polar surface area (TPSA) is 56.0 Å². The van der Waals surface area contributed by atoms with Crippen molar-refractivity contribution in [1.82, 2.24) is 0 Å². The van der Waals surface area contributed by atoms with E-state index in [-0.39, 0.29) is 25.2 Å². The molecule has 0 bridgehead atoms. The number of nitrogens with one attached hydrogen (secondary N) is 1. The predicted molar refractivity (Wildman–Crippen MR) is 77.0 cm³/mol. The zero-order valence-corrected chi connectivity index (χ0v) is 11.9. The first kappa shape index (κ1) is 15.7. The van der Waals surface area contributed by atoms with E-state index in [2.05, 4.69) is 5.32 Å². The molecule has 1 saturated carbocycles. The van der Waals surface area contributed by atoms with Crippen LogP contribution in [0.25, 0.3) is 0 Å². The smallest absolute Gasteiger partial charge is 0.248 e. The van der Waals surface area contributed by atoms with Crippen LogP contribution in [0.4, 0.5) is 14.5 Å².